The van der Waals surface area contributed by atoms with Crippen LogP contribution in [-0.4, -0.2) is 22.4 Å². The van der Waals surface area contributed by atoms with Crippen molar-refractivity contribution in [2.24, 2.45) is 0 Å². The van der Waals surface area contributed by atoms with Gasteiger partial charge in [-0.15, -0.1) is 0 Å². The number of carbonyl (C=O) groups excluding carboxylic acids is 1. The Morgan fingerprint density at radius 1 is 1.35 bits per heavy atom. The van der Waals surface area contributed by atoms with Crippen molar-refractivity contribution in [1.82, 2.24) is 9.97 Å². The zero-order valence-electron chi connectivity index (χ0n) is 10.7. The van der Waals surface area contributed by atoms with Gasteiger partial charge in [0.15, 0.2) is 5.82 Å². The van der Waals surface area contributed by atoms with E-state index in [4.69, 9.17) is 0 Å². The molecule has 1 aliphatic heterocycles. The second-order valence-corrected chi connectivity index (χ2v) is 5.15. The summed E-state index contributed by atoms with van der Waals surface area (Å²) in [6.07, 6.45) is 6.08. The van der Waals surface area contributed by atoms with Gasteiger partial charge in [-0.2, -0.15) is 0 Å². The van der Waals surface area contributed by atoms with E-state index in [2.05, 4.69) is 30.7 Å². The van der Waals surface area contributed by atoms with Gasteiger partial charge in [0.1, 0.15) is 0 Å². The SMILES string of the molecule is CCC(C)(C)c1cnc(N2CCCC2=O)cn1. The van der Waals surface area contributed by atoms with Gasteiger partial charge in [-0.3, -0.25) is 14.7 Å². The number of carbonyl (C=O) groups is 1. The van der Waals surface area contributed by atoms with Crippen molar-refractivity contribution in [2.75, 3.05) is 11.4 Å². The van der Waals surface area contributed by atoms with Crippen LogP contribution in [0.25, 0.3) is 0 Å². The summed E-state index contributed by atoms with van der Waals surface area (Å²) in [5, 5.41) is 0. The molecule has 0 bridgehead atoms. The molecule has 4 heteroatoms. The largest absolute Gasteiger partial charge is 0.296 e. The highest BCUT2D eigenvalue weighted by atomic mass is 16.2. The molecule has 2 heterocycles. The second-order valence-electron chi connectivity index (χ2n) is 5.15. The fourth-order valence-electron chi connectivity index (χ4n) is 1.88. The Hall–Kier alpha value is -1.45. The lowest BCUT2D eigenvalue weighted by Crippen LogP contribution is -2.26. The predicted molar refractivity (Wildman–Crippen MR) is 66.9 cm³/mol. The van der Waals surface area contributed by atoms with Crippen LogP contribution in [0.1, 0.15) is 45.7 Å². The number of amides is 1. The van der Waals surface area contributed by atoms with Gasteiger partial charge in [0.25, 0.3) is 0 Å². The van der Waals surface area contributed by atoms with Crippen LogP contribution in [0, 0.1) is 0 Å². The van der Waals surface area contributed by atoms with Crippen LogP contribution >= 0.6 is 0 Å². The van der Waals surface area contributed by atoms with Crippen LogP contribution in [-0.2, 0) is 10.2 Å². The molecule has 92 valence electrons. The highest BCUT2D eigenvalue weighted by molar-refractivity contribution is 5.94. The Bertz CT molecular complexity index is 411. The molecule has 1 aromatic heterocycles. The van der Waals surface area contributed by atoms with Crippen LogP contribution in [0.5, 0.6) is 0 Å². The summed E-state index contributed by atoms with van der Waals surface area (Å²) in [6.45, 7) is 7.21. The first-order chi connectivity index (χ1) is 8.04. The highest BCUT2D eigenvalue weighted by Gasteiger charge is 2.24. The summed E-state index contributed by atoms with van der Waals surface area (Å²) in [6, 6.07) is 0. The molecule has 1 amide bonds. The molecule has 1 aromatic rings. The van der Waals surface area contributed by atoms with E-state index in [1.54, 1.807) is 17.3 Å². The number of hydrogen-bond donors (Lipinski definition) is 0. The van der Waals surface area contributed by atoms with Gasteiger partial charge in [-0.1, -0.05) is 20.8 Å². The smallest absolute Gasteiger partial charge is 0.228 e. The van der Waals surface area contributed by atoms with Crippen LogP contribution in [0.2, 0.25) is 0 Å². The van der Waals surface area contributed by atoms with Crippen molar-refractivity contribution in [3.8, 4) is 0 Å². The molecule has 0 radical (unpaired) electrons. The average Bonchev–Trinajstić information content (AvgIpc) is 2.76. The van der Waals surface area contributed by atoms with E-state index in [0.29, 0.717) is 12.2 Å². The number of rotatable bonds is 3. The van der Waals surface area contributed by atoms with Gasteiger partial charge in [-0.05, 0) is 12.8 Å². The fourth-order valence-corrected chi connectivity index (χ4v) is 1.88. The molecule has 0 atom stereocenters. The van der Waals surface area contributed by atoms with Crippen molar-refractivity contribution < 1.29 is 4.79 Å². The normalized spacial score (nSPS) is 16.6. The summed E-state index contributed by atoms with van der Waals surface area (Å²) in [5.41, 5.74) is 1.02. The molecule has 1 saturated heterocycles. The van der Waals surface area contributed by atoms with E-state index in [0.717, 1.165) is 25.1 Å². The summed E-state index contributed by atoms with van der Waals surface area (Å²) in [7, 11) is 0. The minimum atomic E-state index is 0.0422. The molecule has 0 N–H and O–H groups in total. The molecule has 0 aliphatic carbocycles. The predicted octanol–water partition coefficient (Wildman–Crippen LogP) is 2.29. The molecular weight excluding hydrogens is 214 g/mol. The summed E-state index contributed by atoms with van der Waals surface area (Å²) >= 11 is 0. The number of hydrogen-bond acceptors (Lipinski definition) is 3. The van der Waals surface area contributed by atoms with E-state index in [-0.39, 0.29) is 11.3 Å². The number of aromatic nitrogens is 2. The van der Waals surface area contributed by atoms with Gasteiger partial charge in [-0.25, -0.2) is 4.98 Å². The average molecular weight is 233 g/mol. The third kappa shape index (κ3) is 2.30. The van der Waals surface area contributed by atoms with E-state index in [9.17, 15) is 4.79 Å². The van der Waals surface area contributed by atoms with Gasteiger partial charge < -0.3 is 0 Å². The number of nitrogens with zero attached hydrogens (tertiary/aromatic N) is 3. The summed E-state index contributed by atoms with van der Waals surface area (Å²) < 4.78 is 0. The first-order valence-electron chi connectivity index (χ1n) is 6.17. The maximum atomic E-state index is 11.6. The Labute approximate surface area is 102 Å². The zero-order valence-corrected chi connectivity index (χ0v) is 10.7. The molecule has 2 rings (SSSR count). The van der Waals surface area contributed by atoms with Crippen molar-refractivity contribution in [3.05, 3.63) is 18.1 Å². The second kappa shape index (κ2) is 4.43. The van der Waals surface area contributed by atoms with Crippen molar-refractivity contribution in [3.63, 3.8) is 0 Å². The Morgan fingerprint density at radius 3 is 2.59 bits per heavy atom. The lowest BCUT2D eigenvalue weighted by Gasteiger charge is -2.22. The lowest BCUT2D eigenvalue weighted by atomic mass is 9.87. The Kier molecular flexibility index (Phi) is 3.13. The van der Waals surface area contributed by atoms with Crippen molar-refractivity contribution >= 4 is 11.7 Å². The first-order valence-corrected chi connectivity index (χ1v) is 6.17. The van der Waals surface area contributed by atoms with Crippen LogP contribution in [0.3, 0.4) is 0 Å². The van der Waals surface area contributed by atoms with Crippen molar-refractivity contribution in [2.45, 2.75) is 45.4 Å². The topological polar surface area (TPSA) is 46.1 Å². The minimum absolute atomic E-state index is 0.0422. The molecule has 0 saturated carbocycles. The highest BCUT2D eigenvalue weighted by Crippen LogP contribution is 2.25. The van der Waals surface area contributed by atoms with Crippen LogP contribution < -0.4 is 4.90 Å². The third-order valence-corrected chi connectivity index (χ3v) is 3.57. The summed E-state index contributed by atoms with van der Waals surface area (Å²) in [5.74, 6) is 0.838. The standard InChI is InChI=1S/C13H19N3O/c1-4-13(2,3)10-8-15-11(9-14-10)16-7-5-6-12(16)17/h8-9H,4-7H2,1-3H3. The van der Waals surface area contributed by atoms with E-state index >= 15 is 0 Å². The quantitative estimate of drug-likeness (QED) is 0.804. The molecule has 0 spiro atoms. The zero-order chi connectivity index (χ0) is 12.5. The fraction of sp³-hybridized carbons (Fsp3) is 0.615. The minimum Gasteiger partial charge on any atom is -0.296 e. The molecule has 0 aromatic carbocycles. The van der Waals surface area contributed by atoms with Crippen molar-refractivity contribution in [1.29, 1.82) is 0 Å². The van der Waals surface area contributed by atoms with Gasteiger partial charge in [0.2, 0.25) is 5.91 Å². The third-order valence-electron chi connectivity index (χ3n) is 3.57. The van der Waals surface area contributed by atoms with Crippen LogP contribution in [0.15, 0.2) is 12.4 Å². The molecule has 1 fully saturated rings. The van der Waals surface area contributed by atoms with E-state index in [1.807, 2.05) is 0 Å². The summed E-state index contributed by atoms with van der Waals surface area (Å²) in [4.78, 5) is 22.1. The van der Waals surface area contributed by atoms with E-state index < -0.39 is 0 Å². The molecule has 0 unspecified atom stereocenters. The number of anilines is 1. The van der Waals surface area contributed by atoms with Gasteiger partial charge in [0, 0.05) is 18.4 Å². The Balaban J connectivity index is 2.21. The molecule has 17 heavy (non-hydrogen) atoms. The maximum Gasteiger partial charge on any atom is 0.228 e. The molecule has 1 aliphatic rings. The van der Waals surface area contributed by atoms with Gasteiger partial charge in [0.05, 0.1) is 18.1 Å². The first kappa shape index (κ1) is 12.0. The van der Waals surface area contributed by atoms with Gasteiger partial charge >= 0.3 is 0 Å². The van der Waals surface area contributed by atoms with Crippen LogP contribution in [0.4, 0.5) is 5.82 Å². The molecule has 4 nitrogen and oxygen atoms in total. The molecular formula is C13H19N3O. The lowest BCUT2D eigenvalue weighted by molar-refractivity contribution is -0.117. The monoisotopic (exact) mass is 233 g/mol. The maximum absolute atomic E-state index is 11.6. The van der Waals surface area contributed by atoms with E-state index in [1.165, 1.54) is 0 Å². The Morgan fingerprint density at radius 2 is 2.12 bits per heavy atom.